The van der Waals surface area contributed by atoms with Crippen molar-refractivity contribution in [3.8, 4) is 0 Å². The number of amidine groups is 1. The molecule has 1 saturated heterocycles. The van der Waals surface area contributed by atoms with Crippen LogP contribution in [0.2, 0.25) is 0 Å². The minimum Gasteiger partial charge on any atom is -0.382 e. The normalized spacial score (nSPS) is 31.0. The molecule has 122 valence electrons. The summed E-state index contributed by atoms with van der Waals surface area (Å²) in [5.74, 6) is 2.06. The van der Waals surface area contributed by atoms with Crippen LogP contribution < -0.4 is 5.32 Å². The summed E-state index contributed by atoms with van der Waals surface area (Å²) in [5.41, 5.74) is 0.352. The van der Waals surface area contributed by atoms with Gasteiger partial charge in [-0.15, -0.1) is 0 Å². The zero-order valence-electron chi connectivity index (χ0n) is 13.5. The van der Waals surface area contributed by atoms with Gasteiger partial charge in [0.2, 0.25) is 0 Å². The van der Waals surface area contributed by atoms with E-state index in [1.807, 2.05) is 11.8 Å². The fourth-order valence-corrected chi connectivity index (χ4v) is 4.45. The third kappa shape index (κ3) is 5.80. The number of thioether (sulfide) groups is 1. The lowest BCUT2D eigenvalue weighted by Gasteiger charge is -2.36. The van der Waals surface area contributed by atoms with Gasteiger partial charge in [0.1, 0.15) is 0 Å². The predicted octanol–water partition coefficient (Wildman–Crippen LogP) is 3.07. The van der Waals surface area contributed by atoms with Gasteiger partial charge in [-0.2, -0.15) is 0 Å². The maximum absolute atomic E-state index is 5.45. The summed E-state index contributed by atoms with van der Waals surface area (Å²) in [7, 11) is 1.70. The van der Waals surface area contributed by atoms with Gasteiger partial charge >= 0.3 is 0 Å². The summed E-state index contributed by atoms with van der Waals surface area (Å²) in [6.07, 6.45) is 7.56. The monoisotopic (exact) mass is 314 g/mol. The van der Waals surface area contributed by atoms with Gasteiger partial charge in [-0.3, -0.25) is 4.99 Å². The van der Waals surface area contributed by atoms with Crippen LogP contribution in [0.25, 0.3) is 0 Å². The second kappa shape index (κ2) is 9.01. The molecule has 1 saturated carbocycles. The van der Waals surface area contributed by atoms with Crippen molar-refractivity contribution in [1.82, 2.24) is 5.32 Å². The van der Waals surface area contributed by atoms with E-state index in [-0.39, 0.29) is 0 Å². The maximum Gasteiger partial charge on any atom is 0.157 e. The lowest BCUT2D eigenvalue weighted by Crippen LogP contribution is -2.47. The second-order valence-electron chi connectivity index (χ2n) is 6.39. The number of nitrogens with zero attached hydrogens (tertiary/aromatic N) is 1. The maximum atomic E-state index is 5.45. The summed E-state index contributed by atoms with van der Waals surface area (Å²) in [6, 6.07) is 0. The molecule has 2 atom stereocenters. The van der Waals surface area contributed by atoms with Crippen LogP contribution in [0.5, 0.6) is 0 Å². The largest absolute Gasteiger partial charge is 0.382 e. The molecule has 4 nitrogen and oxygen atoms in total. The van der Waals surface area contributed by atoms with Crippen molar-refractivity contribution in [2.45, 2.75) is 51.0 Å². The molecule has 2 fully saturated rings. The molecule has 1 aliphatic carbocycles. The van der Waals surface area contributed by atoms with Crippen LogP contribution in [-0.4, -0.2) is 49.9 Å². The van der Waals surface area contributed by atoms with E-state index in [2.05, 4.69) is 12.2 Å². The standard InChI is InChI=1S/C16H30N2O2S/c1-14-6-5-7-16(12-14)13-21-15(18-16)17-8-3-4-9-20-11-10-19-2/h14H,3-13H2,1-2H3,(H,17,18). The molecule has 0 amide bonds. The third-order valence-corrected chi connectivity index (χ3v) is 5.53. The van der Waals surface area contributed by atoms with Gasteiger partial charge in [-0.25, -0.2) is 0 Å². The summed E-state index contributed by atoms with van der Waals surface area (Å²) < 4.78 is 10.4. The van der Waals surface area contributed by atoms with Gasteiger partial charge in [0.15, 0.2) is 5.17 Å². The molecular weight excluding hydrogens is 284 g/mol. The highest BCUT2D eigenvalue weighted by molar-refractivity contribution is 8.14. The Kier molecular flexibility index (Phi) is 7.34. The van der Waals surface area contributed by atoms with E-state index >= 15 is 0 Å². The van der Waals surface area contributed by atoms with Gasteiger partial charge in [0.25, 0.3) is 0 Å². The first kappa shape index (κ1) is 17.1. The van der Waals surface area contributed by atoms with Crippen molar-refractivity contribution < 1.29 is 9.47 Å². The number of hydrogen-bond donors (Lipinski definition) is 1. The number of hydrogen-bond acceptors (Lipinski definition) is 4. The zero-order chi connectivity index (χ0) is 15.0. The van der Waals surface area contributed by atoms with Crippen LogP contribution in [0.1, 0.15) is 45.4 Å². The molecule has 0 radical (unpaired) electrons. The van der Waals surface area contributed by atoms with Crippen molar-refractivity contribution in [3.63, 3.8) is 0 Å². The average molecular weight is 314 g/mol. The first-order valence-corrected chi connectivity index (χ1v) is 9.25. The molecule has 5 heteroatoms. The Bertz CT molecular complexity index is 338. The fourth-order valence-electron chi connectivity index (χ4n) is 3.24. The molecule has 2 unspecified atom stereocenters. The molecule has 0 aromatic heterocycles. The summed E-state index contributed by atoms with van der Waals surface area (Å²) in [5, 5.41) is 4.89. The highest BCUT2D eigenvalue weighted by Crippen LogP contribution is 2.38. The van der Waals surface area contributed by atoms with Gasteiger partial charge in [0.05, 0.1) is 13.2 Å². The predicted molar refractivity (Wildman–Crippen MR) is 90.2 cm³/mol. The minimum atomic E-state index is 0.352. The van der Waals surface area contributed by atoms with Crippen molar-refractivity contribution in [2.75, 3.05) is 39.2 Å². The van der Waals surface area contributed by atoms with Crippen LogP contribution in [0.4, 0.5) is 0 Å². The Labute approximate surface area is 133 Å². The van der Waals surface area contributed by atoms with Crippen LogP contribution in [0, 0.1) is 5.92 Å². The summed E-state index contributed by atoms with van der Waals surface area (Å²) >= 11 is 1.92. The number of methoxy groups -OCH3 is 1. The SMILES string of the molecule is COCCOCCCCN=C1NC2(CCCC(C)C2)CS1. The number of aliphatic imine (C=N–C) groups is 1. The summed E-state index contributed by atoms with van der Waals surface area (Å²) in [6.45, 7) is 5.49. The van der Waals surface area contributed by atoms with E-state index < -0.39 is 0 Å². The Morgan fingerprint density at radius 2 is 2.24 bits per heavy atom. The quantitative estimate of drug-likeness (QED) is 0.699. The van der Waals surface area contributed by atoms with Crippen molar-refractivity contribution >= 4 is 16.9 Å². The van der Waals surface area contributed by atoms with Crippen LogP contribution in [-0.2, 0) is 9.47 Å². The topological polar surface area (TPSA) is 42.9 Å². The van der Waals surface area contributed by atoms with Crippen molar-refractivity contribution in [1.29, 1.82) is 0 Å². The number of unbranched alkanes of at least 4 members (excludes halogenated alkanes) is 1. The molecule has 0 bridgehead atoms. The van der Waals surface area contributed by atoms with Crippen LogP contribution in [0.15, 0.2) is 4.99 Å². The Morgan fingerprint density at radius 1 is 1.33 bits per heavy atom. The third-order valence-electron chi connectivity index (χ3n) is 4.33. The van der Waals surface area contributed by atoms with Gasteiger partial charge in [-0.05, 0) is 31.6 Å². The molecule has 0 aromatic carbocycles. The first-order valence-electron chi connectivity index (χ1n) is 8.26. The number of rotatable bonds is 8. The highest BCUT2D eigenvalue weighted by Gasteiger charge is 2.40. The Morgan fingerprint density at radius 3 is 3.05 bits per heavy atom. The molecule has 1 N–H and O–H groups in total. The Balaban J connectivity index is 1.58. The van der Waals surface area contributed by atoms with E-state index in [4.69, 9.17) is 14.5 Å². The van der Waals surface area contributed by atoms with Gasteiger partial charge in [-0.1, -0.05) is 31.5 Å². The lowest BCUT2D eigenvalue weighted by atomic mass is 9.78. The molecule has 21 heavy (non-hydrogen) atoms. The number of ether oxygens (including phenoxy) is 2. The molecule has 2 rings (SSSR count). The summed E-state index contributed by atoms with van der Waals surface area (Å²) in [4.78, 5) is 4.72. The minimum absolute atomic E-state index is 0.352. The van der Waals surface area contributed by atoms with Crippen LogP contribution in [0.3, 0.4) is 0 Å². The van der Waals surface area contributed by atoms with Crippen molar-refractivity contribution in [2.24, 2.45) is 10.9 Å². The smallest absolute Gasteiger partial charge is 0.157 e. The molecule has 2 aliphatic rings. The fraction of sp³-hybridized carbons (Fsp3) is 0.938. The first-order chi connectivity index (χ1) is 10.2. The molecule has 1 spiro atoms. The second-order valence-corrected chi connectivity index (χ2v) is 7.36. The van der Waals surface area contributed by atoms with E-state index in [1.165, 1.54) is 36.6 Å². The van der Waals surface area contributed by atoms with E-state index in [0.29, 0.717) is 18.8 Å². The number of nitrogens with one attached hydrogen (secondary N) is 1. The molecule has 1 heterocycles. The average Bonchev–Trinajstić information content (AvgIpc) is 2.84. The molecular formula is C16H30N2O2S. The molecule has 0 aromatic rings. The highest BCUT2D eigenvalue weighted by atomic mass is 32.2. The van der Waals surface area contributed by atoms with Crippen molar-refractivity contribution in [3.05, 3.63) is 0 Å². The lowest BCUT2D eigenvalue weighted by molar-refractivity contribution is 0.0690. The van der Waals surface area contributed by atoms with Crippen LogP contribution >= 0.6 is 11.8 Å². The Hall–Kier alpha value is -0.260. The van der Waals surface area contributed by atoms with E-state index in [1.54, 1.807) is 7.11 Å². The van der Waals surface area contributed by atoms with Gasteiger partial charge in [0, 0.05) is 31.6 Å². The van der Waals surface area contributed by atoms with E-state index in [0.717, 1.165) is 31.9 Å². The zero-order valence-corrected chi connectivity index (χ0v) is 14.3. The van der Waals surface area contributed by atoms with E-state index in [9.17, 15) is 0 Å². The molecule has 1 aliphatic heterocycles. The van der Waals surface area contributed by atoms with Gasteiger partial charge < -0.3 is 14.8 Å².